The number of carbonyl (C=O) groups is 1. The van der Waals surface area contributed by atoms with Crippen molar-refractivity contribution in [3.8, 4) is 5.75 Å². The Kier molecular flexibility index (Phi) is 5.88. The van der Waals surface area contributed by atoms with Crippen molar-refractivity contribution in [1.29, 1.82) is 0 Å². The van der Waals surface area contributed by atoms with Gasteiger partial charge in [-0.25, -0.2) is 0 Å². The molecule has 2 rings (SSSR count). The summed E-state index contributed by atoms with van der Waals surface area (Å²) in [5.74, 6) is 1.51. The van der Waals surface area contributed by atoms with E-state index in [1.165, 1.54) is 6.42 Å². The number of nitrogens with one attached hydrogen (secondary N) is 1. The van der Waals surface area contributed by atoms with E-state index in [0.29, 0.717) is 23.0 Å². The minimum Gasteiger partial charge on any atom is -0.494 e. The number of nitrogen functional groups attached to an aromatic ring is 1. The predicted octanol–water partition coefficient (Wildman–Crippen LogP) is 2.97. The molecule has 5 nitrogen and oxygen atoms in total. The summed E-state index contributed by atoms with van der Waals surface area (Å²) >= 11 is 0. The van der Waals surface area contributed by atoms with Crippen molar-refractivity contribution in [2.75, 3.05) is 31.2 Å². The zero-order valence-electron chi connectivity index (χ0n) is 14.6. The molecule has 0 spiro atoms. The van der Waals surface area contributed by atoms with Crippen LogP contribution in [0.3, 0.4) is 0 Å². The first kappa shape index (κ1) is 17.6. The number of ether oxygens (including phenoxy) is 1. The number of anilines is 2. The number of nitrogens with two attached hydrogens (primary N) is 1. The Labute approximate surface area is 139 Å². The molecule has 1 saturated heterocycles. The second kappa shape index (κ2) is 7.68. The third kappa shape index (κ3) is 4.38. The molecule has 1 fully saturated rings. The van der Waals surface area contributed by atoms with Gasteiger partial charge in [0, 0.05) is 18.3 Å². The summed E-state index contributed by atoms with van der Waals surface area (Å²) < 4.78 is 5.32. The van der Waals surface area contributed by atoms with E-state index < -0.39 is 0 Å². The summed E-state index contributed by atoms with van der Waals surface area (Å²) in [5, 5.41) is 3.02. The molecule has 1 aromatic rings. The van der Waals surface area contributed by atoms with Crippen molar-refractivity contribution < 1.29 is 9.53 Å². The zero-order chi connectivity index (χ0) is 17.0. The minimum atomic E-state index is -0.125. The van der Waals surface area contributed by atoms with Crippen molar-refractivity contribution >= 4 is 17.3 Å². The standard InChI is InChI=1S/C18H29N3O2/c1-12(2)17(21-9-5-6-13(3)11-21)18(22)20-15-8-7-14(19)10-16(15)23-4/h7-8,10,12-13,17H,5-6,9,11,19H2,1-4H3,(H,20,22). The molecule has 1 aromatic carbocycles. The molecular weight excluding hydrogens is 290 g/mol. The summed E-state index contributed by atoms with van der Waals surface area (Å²) in [7, 11) is 1.58. The quantitative estimate of drug-likeness (QED) is 0.819. The summed E-state index contributed by atoms with van der Waals surface area (Å²) in [5.41, 5.74) is 7.06. The Morgan fingerprint density at radius 1 is 1.43 bits per heavy atom. The van der Waals surface area contributed by atoms with E-state index in [4.69, 9.17) is 10.5 Å². The maximum atomic E-state index is 12.9. The highest BCUT2D eigenvalue weighted by Crippen LogP contribution is 2.28. The van der Waals surface area contributed by atoms with Gasteiger partial charge in [-0.1, -0.05) is 20.8 Å². The van der Waals surface area contributed by atoms with Crippen LogP contribution in [0.4, 0.5) is 11.4 Å². The molecule has 1 heterocycles. The van der Waals surface area contributed by atoms with Gasteiger partial charge in [-0.2, -0.15) is 0 Å². The van der Waals surface area contributed by atoms with Crippen LogP contribution in [0.5, 0.6) is 5.75 Å². The Bertz CT molecular complexity index is 545. The second-order valence-corrected chi connectivity index (χ2v) is 6.88. The number of hydrogen-bond acceptors (Lipinski definition) is 4. The SMILES string of the molecule is COc1cc(N)ccc1NC(=O)C(C(C)C)N1CCCC(C)C1. The molecular formula is C18H29N3O2. The lowest BCUT2D eigenvalue weighted by atomic mass is 9.94. The average Bonchev–Trinajstić information content (AvgIpc) is 2.49. The van der Waals surface area contributed by atoms with Crippen LogP contribution < -0.4 is 15.8 Å². The minimum absolute atomic E-state index is 0.0252. The van der Waals surface area contributed by atoms with Crippen molar-refractivity contribution in [3.05, 3.63) is 18.2 Å². The van der Waals surface area contributed by atoms with Crippen LogP contribution in [0.1, 0.15) is 33.6 Å². The monoisotopic (exact) mass is 319 g/mol. The van der Waals surface area contributed by atoms with Gasteiger partial charge in [0.1, 0.15) is 5.75 Å². The molecule has 1 aliphatic heterocycles. The summed E-state index contributed by atoms with van der Waals surface area (Å²) in [4.78, 5) is 15.2. The van der Waals surface area contributed by atoms with Crippen LogP contribution in [0.25, 0.3) is 0 Å². The van der Waals surface area contributed by atoms with Gasteiger partial charge in [0.05, 0.1) is 18.8 Å². The first-order valence-corrected chi connectivity index (χ1v) is 8.40. The average molecular weight is 319 g/mol. The van der Waals surface area contributed by atoms with Gasteiger partial charge < -0.3 is 15.8 Å². The van der Waals surface area contributed by atoms with Crippen LogP contribution in [-0.2, 0) is 4.79 Å². The van der Waals surface area contributed by atoms with Gasteiger partial charge in [0.25, 0.3) is 0 Å². The fourth-order valence-corrected chi connectivity index (χ4v) is 3.39. The molecule has 2 atom stereocenters. The van der Waals surface area contributed by atoms with E-state index in [-0.39, 0.29) is 17.9 Å². The molecule has 0 aromatic heterocycles. The topological polar surface area (TPSA) is 67.6 Å². The number of carbonyl (C=O) groups excluding carboxylic acids is 1. The van der Waals surface area contributed by atoms with Gasteiger partial charge in [0.2, 0.25) is 5.91 Å². The van der Waals surface area contributed by atoms with Gasteiger partial charge in [-0.15, -0.1) is 0 Å². The first-order valence-electron chi connectivity index (χ1n) is 8.40. The number of rotatable bonds is 5. The maximum absolute atomic E-state index is 12.9. The van der Waals surface area contributed by atoms with Crippen molar-refractivity contribution in [1.82, 2.24) is 4.90 Å². The number of hydrogen-bond donors (Lipinski definition) is 2. The Morgan fingerprint density at radius 3 is 2.78 bits per heavy atom. The Balaban J connectivity index is 2.15. The summed E-state index contributed by atoms with van der Waals surface area (Å²) in [6, 6.07) is 5.16. The van der Waals surface area contributed by atoms with Crippen LogP contribution in [0.15, 0.2) is 18.2 Å². The normalized spacial score (nSPS) is 20.3. The van der Waals surface area contributed by atoms with E-state index in [9.17, 15) is 4.79 Å². The van der Waals surface area contributed by atoms with Crippen LogP contribution in [0, 0.1) is 11.8 Å². The maximum Gasteiger partial charge on any atom is 0.242 e. The van der Waals surface area contributed by atoms with Crippen LogP contribution >= 0.6 is 0 Å². The van der Waals surface area contributed by atoms with E-state index in [0.717, 1.165) is 19.5 Å². The van der Waals surface area contributed by atoms with Gasteiger partial charge in [0.15, 0.2) is 0 Å². The molecule has 0 saturated carbocycles. The molecule has 1 amide bonds. The third-order valence-corrected chi connectivity index (χ3v) is 4.47. The fraction of sp³-hybridized carbons (Fsp3) is 0.611. The number of amides is 1. The molecule has 0 aliphatic carbocycles. The molecule has 128 valence electrons. The smallest absolute Gasteiger partial charge is 0.242 e. The summed E-state index contributed by atoms with van der Waals surface area (Å²) in [6.07, 6.45) is 2.40. The first-order chi connectivity index (χ1) is 10.9. The molecule has 0 bridgehead atoms. The van der Waals surface area contributed by atoms with Gasteiger partial charge in [-0.05, 0) is 43.4 Å². The molecule has 5 heteroatoms. The lowest BCUT2D eigenvalue weighted by Crippen LogP contribution is -2.50. The van der Waals surface area contributed by atoms with E-state index in [2.05, 4.69) is 31.0 Å². The highest BCUT2D eigenvalue weighted by atomic mass is 16.5. The highest BCUT2D eigenvalue weighted by molar-refractivity contribution is 5.96. The van der Waals surface area contributed by atoms with E-state index in [1.54, 1.807) is 25.3 Å². The summed E-state index contributed by atoms with van der Waals surface area (Å²) in [6.45, 7) is 8.42. The number of likely N-dealkylation sites (tertiary alicyclic amines) is 1. The third-order valence-electron chi connectivity index (χ3n) is 4.47. The number of nitrogens with zero attached hydrogens (tertiary/aromatic N) is 1. The molecule has 0 radical (unpaired) electrons. The van der Waals surface area contributed by atoms with E-state index in [1.807, 2.05) is 0 Å². The molecule has 1 aliphatic rings. The number of piperidine rings is 1. The Morgan fingerprint density at radius 2 is 2.17 bits per heavy atom. The zero-order valence-corrected chi connectivity index (χ0v) is 14.6. The van der Waals surface area contributed by atoms with Crippen molar-refractivity contribution in [2.45, 2.75) is 39.7 Å². The largest absolute Gasteiger partial charge is 0.494 e. The van der Waals surface area contributed by atoms with Crippen molar-refractivity contribution in [2.24, 2.45) is 11.8 Å². The lowest BCUT2D eigenvalue weighted by molar-refractivity contribution is -0.123. The predicted molar refractivity (Wildman–Crippen MR) is 94.6 cm³/mol. The van der Waals surface area contributed by atoms with Crippen LogP contribution in [-0.4, -0.2) is 37.0 Å². The molecule has 23 heavy (non-hydrogen) atoms. The van der Waals surface area contributed by atoms with E-state index >= 15 is 0 Å². The molecule has 2 unspecified atom stereocenters. The van der Waals surface area contributed by atoms with Crippen molar-refractivity contribution in [3.63, 3.8) is 0 Å². The highest BCUT2D eigenvalue weighted by Gasteiger charge is 2.31. The Hall–Kier alpha value is -1.75. The van der Waals surface area contributed by atoms with Crippen LogP contribution in [0.2, 0.25) is 0 Å². The number of methoxy groups -OCH3 is 1. The van der Waals surface area contributed by atoms with Gasteiger partial charge >= 0.3 is 0 Å². The van der Waals surface area contributed by atoms with Gasteiger partial charge in [-0.3, -0.25) is 9.69 Å². The number of benzene rings is 1. The fourth-order valence-electron chi connectivity index (χ4n) is 3.39. The second-order valence-electron chi connectivity index (χ2n) is 6.88. The molecule has 3 N–H and O–H groups in total. The lowest BCUT2D eigenvalue weighted by Gasteiger charge is -2.38.